The summed E-state index contributed by atoms with van der Waals surface area (Å²) in [6, 6.07) is 7.16. The molecule has 1 fully saturated rings. The molecule has 16 heavy (non-hydrogen) atoms. The van der Waals surface area contributed by atoms with Crippen LogP contribution >= 0.6 is 11.6 Å². The normalized spacial score (nSPS) is 29.1. The van der Waals surface area contributed by atoms with Gasteiger partial charge in [-0.3, -0.25) is 0 Å². The molecule has 2 rings (SSSR count). The van der Waals surface area contributed by atoms with E-state index in [0.29, 0.717) is 5.02 Å². The Morgan fingerprint density at radius 3 is 2.56 bits per heavy atom. The lowest BCUT2D eigenvalue weighted by Gasteiger charge is -1.99. The Kier molecular flexibility index (Phi) is 2.99. The van der Waals surface area contributed by atoms with Crippen molar-refractivity contribution in [1.82, 2.24) is 0 Å². The summed E-state index contributed by atoms with van der Waals surface area (Å²) in [6.45, 7) is -0.102. The number of rotatable bonds is 3. The van der Waals surface area contributed by atoms with Gasteiger partial charge in [0.1, 0.15) is 0 Å². The maximum Gasteiger partial charge on any atom is 0.151 e. The summed E-state index contributed by atoms with van der Waals surface area (Å²) < 4.78 is 23.0. The van der Waals surface area contributed by atoms with Crippen LogP contribution in [0.5, 0.6) is 0 Å². The van der Waals surface area contributed by atoms with E-state index in [2.05, 4.69) is 0 Å². The summed E-state index contributed by atoms with van der Waals surface area (Å²) in [5.41, 5.74) is 0.891. The van der Waals surface area contributed by atoms with E-state index in [-0.39, 0.29) is 18.4 Å². The summed E-state index contributed by atoms with van der Waals surface area (Å²) in [7, 11) is -3.10. The molecule has 3 atom stereocenters. The molecule has 3 nitrogen and oxygen atoms in total. The zero-order valence-electron chi connectivity index (χ0n) is 8.80. The molecule has 1 aliphatic rings. The smallest absolute Gasteiger partial charge is 0.151 e. The number of sulfone groups is 1. The monoisotopic (exact) mass is 260 g/mol. The van der Waals surface area contributed by atoms with Crippen LogP contribution in [0.4, 0.5) is 0 Å². The van der Waals surface area contributed by atoms with Gasteiger partial charge in [-0.2, -0.15) is 0 Å². The van der Waals surface area contributed by atoms with Gasteiger partial charge in [-0.1, -0.05) is 23.7 Å². The Labute approximate surface area is 100.0 Å². The van der Waals surface area contributed by atoms with Gasteiger partial charge in [0, 0.05) is 29.7 Å². The molecule has 0 saturated heterocycles. The van der Waals surface area contributed by atoms with Gasteiger partial charge in [-0.05, 0) is 17.7 Å². The maximum atomic E-state index is 11.5. The first-order valence-electron chi connectivity index (χ1n) is 5.00. The minimum absolute atomic E-state index is 0.102. The SMILES string of the molecule is CS(=O)(=O)[C@@H]1[C@@H](CO)[C@H]1c1cccc(Cl)c1. The summed E-state index contributed by atoms with van der Waals surface area (Å²) in [4.78, 5) is 0. The summed E-state index contributed by atoms with van der Waals surface area (Å²) in [5.74, 6) is -0.299. The van der Waals surface area contributed by atoms with Crippen LogP contribution in [-0.4, -0.2) is 31.6 Å². The van der Waals surface area contributed by atoms with Crippen molar-refractivity contribution in [3.63, 3.8) is 0 Å². The molecule has 0 heterocycles. The van der Waals surface area contributed by atoms with Crippen LogP contribution in [-0.2, 0) is 9.84 Å². The van der Waals surface area contributed by atoms with Crippen molar-refractivity contribution in [1.29, 1.82) is 0 Å². The van der Waals surface area contributed by atoms with Crippen LogP contribution in [0.25, 0.3) is 0 Å². The fourth-order valence-corrected chi connectivity index (χ4v) is 4.18. The molecular weight excluding hydrogens is 248 g/mol. The van der Waals surface area contributed by atoms with Crippen molar-refractivity contribution in [2.75, 3.05) is 12.9 Å². The van der Waals surface area contributed by atoms with Crippen LogP contribution in [0.15, 0.2) is 24.3 Å². The van der Waals surface area contributed by atoms with E-state index in [0.717, 1.165) is 5.56 Å². The summed E-state index contributed by atoms with van der Waals surface area (Å²) >= 11 is 5.86. The molecule has 1 aromatic carbocycles. The van der Waals surface area contributed by atoms with Gasteiger partial charge in [-0.15, -0.1) is 0 Å². The van der Waals surface area contributed by atoms with Gasteiger partial charge in [0.05, 0.1) is 5.25 Å². The molecular formula is C11H13ClO3S. The second-order valence-corrected chi connectivity index (χ2v) is 6.86. The van der Waals surface area contributed by atoms with Crippen LogP contribution < -0.4 is 0 Å². The van der Waals surface area contributed by atoms with Gasteiger partial charge >= 0.3 is 0 Å². The highest BCUT2D eigenvalue weighted by atomic mass is 35.5. The number of aliphatic hydroxyl groups is 1. The second-order valence-electron chi connectivity index (χ2n) is 4.22. The summed E-state index contributed by atoms with van der Waals surface area (Å²) in [6.07, 6.45) is 1.21. The standard InChI is InChI=1S/C11H13ClO3S/c1-16(14,15)11-9(6-13)10(11)7-3-2-4-8(12)5-7/h2-5,9-11,13H,6H2,1H3/t9-,10+,11+/m0/s1. The first-order valence-corrected chi connectivity index (χ1v) is 7.33. The predicted molar refractivity (Wildman–Crippen MR) is 63.4 cm³/mol. The van der Waals surface area contributed by atoms with Crippen molar-refractivity contribution < 1.29 is 13.5 Å². The van der Waals surface area contributed by atoms with E-state index in [1.165, 1.54) is 6.26 Å². The minimum atomic E-state index is -3.10. The van der Waals surface area contributed by atoms with Gasteiger partial charge in [0.2, 0.25) is 0 Å². The van der Waals surface area contributed by atoms with Gasteiger partial charge in [0.15, 0.2) is 9.84 Å². The Hall–Kier alpha value is -0.580. The highest BCUT2D eigenvalue weighted by Gasteiger charge is 2.56. The predicted octanol–water partition coefficient (Wildman–Crippen LogP) is 1.46. The van der Waals surface area contributed by atoms with E-state index in [1.807, 2.05) is 6.07 Å². The average Bonchev–Trinajstić information content (AvgIpc) is 2.91. The quantitative estimate of drug-likeness (QED) is 0.895. The number of halogens is 1. The third-order valence-electron chi connectivity index (χ3n) is 3.04. The number of benzene rings is 1. The van der Waals surface area contributed by atoms with E-state index in [1.54, 1.807) is 18.2 Å². The largest absolute Gasteiger partial charge is 0.396 e. The third kappa shape index (κ3) is 2.10. The Morgan fingerprint density at radius 1 is 1.44 bits per heavy atom. The zero-order chi connectivity index (χ0) is 11.9. The first kappa shape index (κ1) is 11.9. The molecule has 1 saturated carbocycles. The lowest BCUT2D eigenvalue weighted by molar-refractivity contribution is 0.274. The molecule has 0 spiro atoms. The lowest BCUT2D eigenvalue weighted by atomic mass is 10.1. The van der Waals surface area contributed by atoms with Crippen molar-refractivity contribution in [3.05, 3.63) is 34.9 Å². The fourth-order valence-electron chi connectivity index (χ4n) is 2.29. The zero-order valence-corrected chi connectivity index (χ0v) is 10.4. The highest BCUT2D eigenvalue weighted by Crippen LogP contribution is 2.51. The van der Waals surface area contributed by atoms with E-state index in [4.69, 9.17) is 16.7 Å². The minimum Gasteiger partial charge on any atom is -0.396 e. The molecule has 1 aliphatic carbocycles. The van der Waals surface area contributed by atoms with Crippen LogP contribution in [0.3, 0.4) is 0 Å². The number of hydrogen-bond donors (Lipinski definition) is 1. The van der Waals surface area contributed by atoms with Crippen molar-refractivity contribution in [2.45, 2.75) is 11.2 Å². The van der Waals surface area contributed by atoms with Gasteiger partial charge < -0.3 is 5.11 Å². The Balaban J connectivity index is 2.30. The second kappa shape index (κ2) is 4.02. The highest BCUT2D eigenvalue weighted by molar-refractivity contribution is 7.91. The molecule has 0 aromatic heterocycles. The number of hydrogen-bond acceptors (Lipinski definition) is 3. The fraction of sp³-hybridized carbons (Fsp3) is 0.455. The molecule has 0 aliphatic heterocycles. The molecule has 0 radical (unpaired) electrons. The third-order valence-corrected chi connectivity index (χ3v) is 4.90. The maximum absolute atomic E-state index is 11.5. The van der Waals surface area contributed by atoms with E-state index < -0.39 is 15.1 Å². The molecule has 0 bridgehead atoms. The molecule has 1 N–H and O–H groups in total. The van der Waals surface area contributed by atoms with Crippen LogP contribution in [0, 0.1) is 5.92 Å². The molecule has 0 amide bonds. The molecule has 5 heteroatoms. The Morgan fingerprint density at radius 2 is 2.12 bits per heavy atom. The van der Waals surface area contributed by atoms with Crippen molar-refractivity contribution >= 4 is 21.4 Å². The van der Waals surface area contributed by atoms with Crippen LogP contribution in [0.1, 0.15) is 11.5 Å². The van der Waals surface area contributed by atoms with Gasteiger partial charge in [-0.25, -0.2) is 8.42 Å². The van der Waals surface area contributed by atoms with Crippen LogP contribution in [0.2, 0.25) is 5.02 Å². The first-order chi connectivity index (χ1) is 7.45. The topological polar surface area (TPSA) is 54.4 Å². The lowest BCUT2D eigenvalue weighted by Crippen LogP contribution is -2.08. The molecule has 0 unspecified atom stereocenters. The molecule has 88 valence electrons. The van der Waals surface area contributed by atoms with E-state index >= 15 is 0 Å². The molecule has 1 aromatic rings. The van der Waals surface area contributed by atoms with Gasteiger partial charge in [0.25, 0.3) is 0 Å². The Bertz CT molecular complexity index is 498. The average molecular weight is 261 g/mol. The van der Waals surface area contributed by atoms with E-state index in [9.17, 15) is 8.42 Å². The van der Waals surface area contributed by atoms with Crippen molar-refractivity contribution in [3.8, 4) is 0 Å². The number of aliphatic hydroxyl groups excluding tert-OH is 1. The summed E-state index contributed by atoms with van der Waals surface area (Å²) in [5, 5.41) is 9.27. The van der Waals surface area contributed by atoms with Crippen molar-refractivity contribution in [2.24, 2.45) is 5.92 Å².